The number of hydrogen-bond acceptors (Lipinski definition) is 5. The van der Waals surface area contributed by atoms with Gasteiger partial charge in [-0.2, -0.15) is 0 Å². The van der Waals surface area contributed by atoms with Crippen LogP contribution in [0.25, 0.3) is 0 Å². The molecule has 0 radical (unpaired) electrons. The van der Waals surface area contributed by atoms with Crippen LogP contribution in [-0.2, 0) is 13.6 Å². The molecule has 0 bridgehead atoms. The average molecular weight is 267 g/mol. The Morgan fingerprint density at radius 3 is 2.37 bits per heavy atom. The number of aryl methyl sites for hydroxylation is 1. The van der Waals surface area contributed by atoms with Crippen molar-refractivity contribution >= 4 is 0 Å². The van der Waals surface area contributed by atoms with Crippen molar-refractivity contribution in [2.75, 3.05) is 32.8 Å². The zero-order valence-corrected chi connectivity index (χ0v) is 12.2. The molecular formula is C13H25N5O. The van der Waals surface area contributed by atoms with Crippen molar-refractivity contribution in [2.24, 2.45) is 7.05 Å². The van der Waals surface area contributed by atoms with Gasteiger partial charge in [-0.15, -0.1) is 10.2 Å². The molecule has 0 aromatic carbocycles. The molecular weight excluding hydrogens is 242 g/mol. The molecule has 1 aliphatic rings. The van der Waals surface area contributed by atoms with E-state index in [2.05, 4.69) is 31.5 Å². The largest absolute Gasteiger partial charge is 0.395 e. The summed E-state index contributed by atoms with van der Waals surface area (Å²) < 4.78 is 2.05. The van der Waals surface area contributed by atoms with E-state index in [1.165, 1.54) is 0 Å². The second-order valence-corrected chi connectivity index (χ2v) is 5.28. The van der Waals surface area contributed by atoms with Gasteiger partial charge in [0.1, 0.15) is 11.6 Å². The summed E-state index contributed by atoms with van der Waals surface area (Å²) >= 11 is 0. The molecule has 0 saturated carbocycles. The molecule has 0 aliphatic carbocycles. The molecule has 1 unspecified atom stereocenters. The molecule has 1 aromatic heterocycles. The van der Waals surface area contributed by atoms with E-state index in [1.54, 1.807) is 0 Å². The summed E-state index contributed by atoms with van der Waals surface area (Å²) in [4.78, 5) is 4.79. The molecule has 0 spiro atoms. The van der Waals surface area contributed by atoms with E-state index < -0.39 is 0 Å². The van der Waals surface area contributed by atoms with Gasteiger partial charge >= 0.3 is 0 Å². The van der Waals surface area contributed by atoms with Crippen LogP contribution in [0.4, 0.5) is 0 Å². The smallest absolute Gasteiger partial charge is 0.146 e. The molecule has 2 rings (SSSR count). The fourth-order valence-corrected chi connectivity index (χ4v) is 2.58. The number of piperazine rings is 1. The van der Waals surface area contributed by atoms with Crippen molar-refractivity contribution < 1.29 is 5.11 Å². The Hall–Kier alpha value is -0.980. The average Bonchev–Trinajstić information content (AvgIpc) is 2.74. The van der Waals surface area contributed by atoms with Gasteiger partial charge in [-0.1, -0.05) is 6.92 Å². The lowest BCUT2D eigenvalue weighted by molar-refractivity contribution is 0.0595. The van der Waals surface area contributed by atoms with Crippen molar-refractivity contribution in [1.29, 1.82) is 0 Å². The van der Waals surface area contributed by atoms with E-state index in [0.717, 1.165) is 50.8 Å². The Labute approximate surface area is 115 Å². The maximum Gasteiger partial charge on any atom is 0.146 e. The highest BCUT2D eigenvalue weighted by Crippen LogP contribution is 2.11. The van der Waals surface area contributed by atoms with Crippen molar-refractivity contribution in [3.05, 3.63) is 11.6 Å². The molecule has 1 aromatic rings. The third-order valence-corrected chi connectivity index (χ3v) is 4.15. The normalized spacial score (nSPS) is 19.8. The molecule has 2 heterocycles. The first kappa shape index (κ1) is 14.4. The lowest BCUT2D eigenvalue weighted by Crippen LogP contribution is -2.51. The minimum absolute atomic E-state index is 0.263. The van der Waals surface area contributed by atoms with Gasteiger partial charge < -0.3 is 9.67 Å². The molecule has 1 fully saturated rings. The summed E-state index contributed by atoms with van der Waals surface area (Å²) in [6.07, 6.45) is 1.01. The first-order valence-electron chi connectivity index (χ1n) is 7.07. The van der Waals surface area contributed by atoms with Crippen LogP contribution in [0.3, 0.4) is 0 Å². The quantitative estimate of drug-likeness (QED) is 0.814. The number of rotatable bonds is 5. The topological polar surface area (TPSA) is 57.4 Å². The third-order valence-electron chi connectivity index (χ3n) is 4.15. The molecule has 19 heavy (non-hydrogen) atoms. The summed E-state index contributed by atoms with van der Waals surface area (Å²) in [5, 5.41) is 17.6. The second-order valence-electron chi connectivity index (χ2n) is 5.28. The Morgan fingerprint density at radius 2 is 1.89 bits per heavy atom. The van der Waals surface area contributed by atoms with E-state index in [9.17, 15) is 5.11 Å². The fourth-order valence-electron chi connectivity index (χ4n) is 2.58. The highest BCUT2D eigenvalue weighted by Gasteiger charge is 2.23. The fraction of sp³-hybridized carbons (Fsp3) is 0.846. The first-order chi connectivity index (χ1) is 9.15. The van der Waals surface area contributed by atoms with Gasteiger partial charge in [0, 0.05) is 39.3 Å². The van der Waals surface area contributed by atoms with Gasteiger partial charge in [-0.05, 0) is 13.3 Å². The van der Waals surface area contributed by atoms with Crippen LogP contribution in [0.15, 0.2) is 0 Å². The van der Waals surface area contributed by atoms with E-state index in [0.29, 0.717) is 6.04 Å². The molecule has 1 aliphatic heterocycles. The maximum absolute atomic E-state index is 9.34. The maximum atomic E-state index is 9.34. The molecule has 1 saturated heterocycles. The van der Waals surface area contributed by atoms with Crippen LogP contribution in [0, 0.1) is 6.92 Å². The summed E-state index contributed by atoms with van der Waals surface area (Å²) in [5.74, 6) is 1.99. The van der Waals surface area contributed by atoms with Gasteiger partial charge in [0.05, 0.1) is 13.2 Å². The molecule has 108 valence electrons. The first-order valence-corrected chi connectivity index (χ1v) is 7.07. The summed E-state index contributed by atoms with van der Waals surface area (Å²) in [5.41, 5.74) is 0. The molecule has 1 atom stereocenters. The van der Waals surface area contributed by atoms with Crippen molar-refractivity contribution in [1.82, 2.24) is 24.6 Å². The van der Waals surface area contributed by atoms with Crippen LogP contribution >= 0.6 is 0 Å². The lowest BCUT2D eigenvalue weighted by atomic mass is 10.1. The minimum atomic E-state index is 0.263. The number of aliphatic hydroxyl groups excluding tert-OH is 1. The van der Waals surface area contributed by atoms with E-state index >= 15 is 0 Å². The second kappa shape index (κ2) is 6.45. The molecule has 1 N–H and O–H groups in total. The lowest BCUT2D eigenvalue weighted by Gasteiger charge is -2.38. The van der Waals surface area contributed by atoms with Crippen molar-refractivity contribution in [3.63, 3.8) is 0 Å². The van der Waals surface area contributed by atoms with Crippen LogP contribution in [0.5, 0.6) is 0 Å². The number of aromatic nitrogens is 3. The van der Waals surface area contributed by atoms with Gasteiger partial charge in [-0.25, -0.2) is 0 Å². The summed E-state index contributed by atoms with van der Waals surface area (Å²) in [6, 6.07) is 0.319. The third kappa shape index (κ3) is 3.32. The van der Waals surface area contributed by atoms with Crippen LogP contribution in [0.2, 0.25) is 0 Å². The Bertz CT molecular complexity index is 394. The Kier molecular flexibility index (Phi) is 4.90. The van der Waals surface area contributed by atoms with Crippen molar-refractivity contribution in [3.8, 4) is 0 Å². The SMILES string of the molecule is CCC(CO)N1CCN(Cc2nnc(C)n2C)CC1. The molecule has 6 heteroatoms. The van der Waals surface area contributed by atoms with Gasteiger partial charge in [0.25, 0.3) is 0 Å². The van der Waals surface area contributed by atoms with E-state index in [1.807, 2.05) is 14.0 Å². The Balaban J connectivity index is 1.85. The van der Waals surface area contributed by atoms with Gasteiger partial charge in [0.2, 0.25) is 0 Å². The number of aliphatic hydroxyl groups is 1. The van der Waals surface area contributed by atoms with Crippen LogP contribution < -0.4 is 0 Å². The summed E-state index contributed by atoms with van der Waals surface area (Å²) in [6.45, 7) is 9.34. The van der Waals surface area contributed by atoms with E-state index in [4.69, 9.17) is 0 Å². The predicted octanol–water partition coefficient (Wildman–Crippen LogP) is 0.0120. The van der Waals surface area contributed by atoms with Gasteiger partial charge in [0.15, 0.2) is 0 Å². The highest BCUT2D eigenvalue weighted by atomic mass is 16.3. The monoisotopic (exact) mass is 267 g/mol. The zero-order chi connectivity index (χ0) is 13.8. The van der Waals surface area contributed by atoms with Crippen molar-refractivity contribution in [2.45, 2.75) is 32.9 Å². The standard InChI is InChI=1S/C13H25N5O/c1-4-12(10-19)18-7-5-17(6-8-18)9-13-15-14-11(2)16(13)3/h12,19H,4-10H2,1-3H3. The summed E-state index contributed by atoms with van der Waals surface area (Å²) in [7, 11) is 2.01. The van der Waals surface area contributed by atoms with E-state index in [-0.39, 0.29) is 6.61 Å². The molecule has 6 nitrogen and oxygen atoms in total. The highest BCUT2D eigenvalue weighted by molar-refractivity contribution is 4.93. The zero-order valence-electron chi connectivity index (χ0n) is 12.2. The number of hydrogen-bond donors (Lipinski definition) is 1. The minimum Gasteiger partial charge on any atom is -0.395 e. The predicted molar refractivity (Wildman–Crippen MR) is 73.8 cm³/mol. The van der Waals surface area contributed by atoms with Crippen LogP contribution in [0.1, 0.15) is 25.0 Å². The van der Waals surface area contributed by atoms with Gasteiger partial charge in [-0.3, -0.25) is 9.80 Å². The Morgan fingerprint density at radius 1 is 1.21 bits per heavy atom. The number of nitrogens with zero attached hydrogens (tertiary/aromatic N) is 5. The van der Waals surface area contributed by atoms with Crippen LogP contribution in [-0.4, -0.2) is 68.5 Å². The molecule has 0 amide bonds.